The zero-order chi connectivity index (χ0) is 43.4. The molecule has 1 aliphatic carbocycles. The fraction of sp³-hybridized carbons (Fsp3) is 0.364. The van der Waals surface area contributed by atoms with E-state index < -0.39 is 11.1 Å². The van der Waals surface area contributed by atoms with Crippen LogP contribution in [-0.2, 0) is 32.0 Å². The first-order valence-corrected chi connectivity index (χ1v) is 21.8. The highest BCUT2D eigenvalue weighted by Gasteiger charge is 2.68. The van der Waals surface area contributed by atoms with Crippen LogP contribution in [0.2, 0.25) is 0 Å². The van der Waals surface area contributed by atoms with Crippen LogP contribution in [0, 0.1) is 13.8 Å². The summed E-state index contributed by atoms with van der Waals surface area (Å²) < 4.78 is 16.8. The normalized spacial score (nSPS) is 20.9. The van der Waals surface area contributed by atoms with Gasteiger partial charge in [-0.25, -0.2) is 9.98 Å². The van der Waals surface area contributed by atoms with Crippen LogP contribution < -0.4 is 4.74 Å². The van der Waals surface area contributed by atoms with Gasteiger partial charge >= 0.3 is 0 Å². The number of rotatable bonds is 4. The van der Waals surface area contributed by atoms with Crippen molar-refractivity contribution in [3.63, 3.8) is 0 Å². The van der Waals surface area contributed by atoms with Gasteiger partial charge in [-0.2, -0.15) is 0 Å². The first kappa shape index (κ1) is 39.4. The quantitative estimate of drug-likeness (QED) is 0.178. The number of hydrogen-bond donors (Lipinski definition) is 0. The molecule has 0 saturated heterocycles. The first-order valence-electron chi connectivity index (χ1n) is 21.8. The third-order valence-corrected chi connectivity index (χ3v) is 14.7. The van der Waals surface area contributed by atoms with Crippen molar-refractivity contribution in [1.29, 1.82) is 0 Å². The summed E-state index contributed by atoms with van der Waals surface area (Å²) in [7, 11) is 0. The summed E-state index contributed by atoms with van der Waals surface area (Å²) in [5, 5.41) is 2.38. The van der Waals surface area contributed by atoms with Crippen LogP contribution in [0.1, 0.15) is 133 Å². The number of pyridine rings is 2. The molecule has 0 saturated carbocycles. The summed E-state index contributed by atoms with van der Waals surface area (Å²) in [6, 6.07) is 30.7. The van der Waals surface area contributed by atoms with Gasteiger partial charge in [0.2, 0.25) is 5.90 Å². The lowest BCUT2D eigenvalue weighted by Crippen LogP contribution is -2.49. The molecule has 0 fully saturated rings. The standard InChI is InChI=1S/C55H58N4O2/c1-31-22-38-37-18-17-19-39-47(37)59(48(38)57-30-31)44-29-45(32(2)23-40(44)52(39,9)10)60-36-25-33(43-20-15-16-21-56-43)24-34(26-36)49-58-55(14)53(11,12)46-41(51(6,7)8)27-35(50(3,4)5)28-42(46)54(55,13)61-49/h15-30H,1-14H3/t54-,55+/m0/s1. The van der Waals surface area contributed by atoms with Gasteiger partial charge in [-0.3, -0.25) is 9.55 Å². The summed E-state index contributed by atoms with van der Waals surface area (Å²) in [5.74, 6) is 2.09. The van der Waals surface area contributed by atoms with Crippen LogP contribution in [0.4, 0.5) is 0 Å². The van der Waals surface area contributed by atoms with E-state index in [0.29, 0.717) is 11.6 Å². The molecule has 0 N–H and O–H groups in total. The Labute approximate surface area is 361 Å². The van der Waals surface area contributed by atoms with E-state index in [9.17, 15) is 0 Å². The SMILES string of the molecule is Cc1cnc2c(c1)c1cccc3c1n2-c1cc(Oc2cc(C4=N[C@]5(C)C(C)(C)c6c(C(C)(C)C)cc(C(C)(C)C)cc6[C@]5(C)O4)cc(-c4ccccn4)c2)c(C)cc1C3(C)C. The van der Waals surface area contributed by atoms with Gasteiger partial charge < -0.3 is 9.47 Å². The van der Waals surface area contributed by atoms with Gasteiger partial charge in [-0.05, 0) is 120 Å². The number of aliphatic imine (C=N–C) groups is 1. The van der Waals surface area contributed by atoms with Crippen LogP contribution in [0.25, 0.3) is 38.9 Å². The summed E-state index contributed by atoms with van der Waals surface area (Å²) in [4.78, 5) is 15.5. The van der Waals surface area contributed by atoms with Crippen molar-refractivity contribution in [1.82, 2.24) is 14.5 Å². The fourth-order valence-corrected chi connectivity index (χ4v) is 10.8. The van der Waals surface area contributed by atoms with E-state index in [2.05, 4.69) is 168 Å². The van der Waals surface area contributed by atoms with Crippen molar-refractivity contribution >= 4 is 27.8 Å². The number of nitrogens with zero attached hydrogens (tertiary/aromatic N) is 4. The van der Waals surface area contributed by atoms with E-state index in [1.54, 1.807) is 0 Å². The molecule has 0 unspecified atom stereocenters. The summed E-state index contributed by atoms with van der Waals surface area (Å²) in [5.41, 5.74) is 14.0. The number of para-hydroxylation sites is 1. The molecule has 5 heterocycles. The molecule has 4 aromatic carbocycles. The lowest BCUT2D eigenvalue weighted by atomic mass is 9.67. The third-order valence-electron chi connectivity index (χ3n) is 14.7. The van der Waals surface area contributed by atoms with E-state index in [-0.39, 0.29) is 21.7 Å². The highest BCUT2D eigenvalue weighted by atomic mass is 16.5. The van der Waals surface area contributed by atoms with Gasteiger partial charge in [0.1, 0.15) is 22.7 Å². The molecular formula is C55H58N4O2. The van der Waals surface area contributed by atoms with Gasteiger partial charge in [0.15, 0.2) is 5.60 Å². The van der Waals surface area contributed by atoms with Crippen LogP contribution in [0.15, 0.2) is 102 Å². The Morgan fingerprint density at radius 2 is 1.44 bits per heavy atom. The molecule has 2 aliphatic heterocycles. The maximum absolute atomic E-state index is 7.35. The van der Waals surface area contributed by atoms with Gasteiger partial charge in [-0.1, -0.05) is 106 Å². The van der Waals surface area contributed by atoms with Crippen molar-refractivity contribution in [3.05, 3.63) is 147 Å². The van der Waals surface area contributed by atoms with Crippen LogP contribution in [0.5, 0.6) is 11.5 Å². The molecule has 6 nitrogen and oxygen atoms in total. The number of hydrogen-bond acceptors (Lipinski definition) is 5. The van der Waals surface area contributed by atoms with Crippen molar-refractivity contribution < 1.29 is 9.47 Å². The number of fused-ring (bicyclic) bond motifs is 8. The van der Waals surface area contributed by atoms with Crippen molar-refractivity contribution in [3.8, 4) is 28.4 Å². The molecule has 0 spiro atoms. The lowest BCUT2D eigenvalue weighted by molar-refractivity contribution is 0.0190. The molecule has 3 aliphatic rings. The molecule has 310 valence electrons. The summed E-state index contributed by atoms with van der Waals surface area (Å²) >= 11 is 0. The second-order valence-corrected chi connectivity index (χ2v) is 21.4. The maximum atomic E-state index is 7.35. The summed E-state index contributed by atoms with van der Waals surface area (Å²) in [6.45, 7) is 32.0. The second-order valence-electron chi connectivity index (χ2n) is 21.4. The summed E-state index contributed by atoms with van der Waals surface area (Å²) in [6.07, 6.45) is 3.80. The molecule has 10 rings (SSSR count). The number of benzene rings is 4. The van der Waals surface area contributed by atoms with Crippen molar-refractivity contribution in [2.45, 2.75) is 130 Å². The molecule has 0 radical (unpaired) electrons. The molecule has 61 heavy (non-hydrogen) atoms. The lowest BCUT2D eigenvalue weighted by Gasteiger charge is -2.40. The average Bonchev–Trinajstić information content (AvgIpc) is 3.72. The fourth-order valence-electron chi connectivity index (χ4n) is 10.8. The Kier molecular flexibility index (Phi) is 8.03. The molecular weight excluding hydrogens is 749 g/mol. The van der Waals surface area contributed by atoms with E-state index >= 15 is 0 Å². The smallest absolute Gasteiger partial charge is 0.217 e. The zero-order valence-electron chi connectivity index (χ0n) is 38.3. The molecule has 7 aromatic rings. The van der Waals surface area contributed by atoms with Crippen LogP contribution in [0.3, 0.4) is 0 Å². The van der Waals surface area contributed by atoms with E-state index in [1.807, 2.05) is 30.6 Å². The van der Waals surface area contributed by atoms with Gasteiger partial charge in [-0.15, -0.1) is 0 Å². The van der Waals surface area contributed by atoms with Crippen molar-refractivity contribution in [2.75, 3.05) is 0 Å². The Morgan fingerprint density at radius 1 is 0.689 bits per heavy atom. The monoisotopic (exact) mass is 806 g/mol. The number of aryl methyl sites for hydroxylation is 2. The van der Waals surface area contributed by atoms with E-state index in [1.165, 1.54) is 44.3 Å². The predicted octanol–water partition coefficient (Wildman–Crippen LogP) is 13.6. The molecule has 0 amide bonds. The minimum absolute atomic E-state index is 0.0377. The van der Waals surface area contributed by atoms with E-state index in [4.69, 9.17) is 24.4 Å². The molecule has 6 heteroatoms. The number of aromatic nitrogens is 3. The minimum atomic E-state index is -0.708. The molecule has 0 bridgehead atoms. The van der Waals surface area contributed by atoms with Gasteiger partial charge in [0.25, 0.3) is 0 Å². The third kappa shape index (κ3) is 5.42. The Hall–Kier alpha value is -5.75. The molecule has 2 atom stereocenters. The number of ether oxygens (including phenoxy) is 2. The predicted molar refractivity (Wildman–Crippen MR) is 250 cm³/mol. The van der Waals surface area contributed by atoms with Crippen molar-refractivity contribution in [2.24, 2.45) is 4.99 Å². The average molecular weight is 807 g/mol. The minimum Gasteiger partial charge on any atom is -0.464 e. The highest BCUT2D eigenvalue weighted by Crippen LogP contribution is 2.64. The second kappa shape index (κ2) is 12.4. The Balaban J connectivity index is 1.13. The maximum Gasteiger partial charge on any atom is 0.217 e. The molecule has 3 aromatic heterocycles. The highest BCUT2D eigenvalue weighted by molar-refractivity contribution is 6.10. The Bertz CT molecular complexity index is 3050. The van der Waals surface area contributed by atoms with Gasteiger partial charge in [0, 0.05) is 56.8 Å². The van der Waals surface area contributed by atoms with E-state index in [0.717, 1.165) is 50.4 Å². The first-order chi connectivity index (χ1) is 28.5. The largest absolute Gasteiger partial charge is 0.464 e. The Morgan fingerprint density at radius 3 is 2.15 bits per heavy atom. The van der Waals surface area contributed by atoms with Crippen LogP contribution in [-0.4, -0.2) is 26.0 Å². The topological polar surface area (TPSA) is 61.5 Å². The van der Waals surface area contributed by atoms with Gasteiger partial charge in [0.05, 0.1) is 16.9 Å². The zero-order valence-corrected chi connectivity index (χ0v) is 38.3. The van der Waals surface area contributed by atoms with Crippen LogP contribution >= 0.6 is 0 Å².